The first-order valence-electron chi connectivity index (χ1n) is 10.8. The molecule has 0 bridgehead atoms. The van der Waals surface area contributed by atoms with Crippen molar-refractivity contribution in [1.82, 2.24) is 9.88 Å². The molecule has 1 amide bonds. The topological polar surface area (TPSA) is 48.1 Å². The summed E-state index contributed by atoms with van der Waals surface area (Å²) in [5.41, 5.74) is 4.33. The SMILES string of the molecule is CC(C)(C)N1CCC(c2c[nH]c(NC(=O)c3cccc(-c4ccccc4)c3)c2)CC1. The summed E-state index contributed by atoms with van der Waals surface area (Å²) in [5.74, 6) is 1.22. The highest BCUT2D eigenvalue weighted by atomic mass is 16.1. The van der Waals surface area contributed by atoms with E-state index in [0.29, 0.717) is 11.5 Å². The molecule has 0 saturated carbocycles. The van der Waals surface area contributed by atoms with Crippen molar-refractivity contribution in [2.75, 3.05) is 18.4 Å². The summed E-state index contributed by atoms with van der Waals surface area (Å²) in [6.07, 6.45) is 4.36. The monoisotopic (exact) mass is 401 g/mol. The van der Waals surface area contributed by atoms with Crippen molar-refractivity contribution in [2.24, 2.45) is 0 Å². The van der Waals surface area contributed by atoms with Crippen LogP contribution in [0.25, 0.3) is 11.1 Å². The molecule has 0 radical (unpaired) electrons. The van der Waals surface area contributed by atoms with Gasteiger partial charge in [0.1, 0.15) is 5.82 Å². The van der Waals surface area contributed by atoms with Gasteiger partial charge >= 0.3 is 0 Å². The van der Waals surface area contributed by atoms with E-state index >= 15 is 0 Å². The fraction of sp³-hybridized carbons (Fsp3) is 0.346. The minimum atomic E-state index is -0.0938. The predicted octanol–water partition coefficient (Wildman–Crippen LogP) is 5.91. The molecule has 1 aromatic heterocycles. The van der Waals surface area contributed by atoms with Crippen LogP contribution in [0.4, 0.5) is 5.82 Å². The fourth-order valence-corrected chi connectivity index (χ4v) is 4.27. The molecule has 2 aromatic carbocycles. The number of carbonyl (C=O) groups is 1. The van der Waals surface area contributed by atoms with Crippen LogP contribution in [0, 0.1) is 0 Å². The van der Waals surface area contributed by atoms with Gasteiger partial charge in [-0.1, -0.05) is 42.5 Å². The number of likely N-dealkylation sites (tertiary alicyclic amines) is 1. The Morgan fingerprint density at radius 2 is 1.67 bits per heavy atom. The molecule has 0 spiro atoms. The molecule has 4 rings (SSSR count). The van der Waals surface area contributed by atoms with Crippen LogP contribution in [0.2, 0.25) is 0 Å². The lowest BCUT2D eigenvalue weighted by Gasteiger charge is -2.40. The molecule has 1 aliphatic heterocycles. The van der Waals surface area contributed by atoms with Crippen molar-refractivity contribution < 1.29 is 4.79 Å². The normalized spacial score (nSPS) is 15.8. The molecule has 30 heavy (non-hydrogen) atoms. The van der Waals surface area contributed by atoms with E-state index < -0.39 is 0 Å². The molecule has 1 saturated heterocycles. The molecule has 0 atom stereocenters. The molecule has 2 N–H and O–H groups in total. The zero-order valence-electron chi connectivity index (χ0n) is 18.1. The van der Waals surface area contributed by atoms with Crippen LogP contribution in [0.15, 0.2) is 66.9 Å². The Morgan fingerprint density at radius 3 is 2.37 bits per heavy atom. The van der Waals surface area contributed by atoms with Gasteiger partial charge in [0.05, 0.1) is 0 Å². The van der Waals surface area contributed by atoms with E-state index in [9.17, 15) is 4.79 Å². The number of aromatic amines is 1. The highest BCUT2D eigenvalue weighted by Crippen LogP contribution is 2.32. The van der Waals surface area contributed by atoms with Crippen LogP contribution >= 0.6 is 0 Å². The van der Waals surface area contributed by atoms with E-state index in [0.717, 1.165) is 42.9 Å². The van der Waals surface area contributed by atoms with Gasteiger partial charge in [-0.15, -0.1) is 0 Å². The molecule has 156 valence electrons. The Morgan fingerprint density at radius 1 is 0.967 bits per heavy atom. The first-order valence-corrected chi connectivity index (χ1v) is 10.8. The number of rotatable bonds is 4. The van der Waals surface area contributed by atoms with E-state index in [1.165, 1.54) is 5.56 Å². The van der Waals surface area contributed by atoms with Gasteiger partial charge in [0.25, 0.3) is 5.91 Å². The van der Waals surface area contributed by atoms with Crippen molar-refractivity contribution in [3.8, 4) is 11.1 Å². The average molecular weight is 402 g/mol. The molecule has 0 aliphatic carbocycles. The van der Waals surface area contributed by atoms with Crippen molar-refractivity contribution in [2.45, 2.75) is 45.1 Å². The van der Waals surface area contributed by atoms with Gasteiger partial charge in [0.15, 0.2) is 0 Å². The van der Waals surface area contributed by atoms with E-state index in [2.05, 4.69) is 54.2 Å². The number of H-pyrrole nitrogens is 1. The van der Waals surface area contributed by atoms with Gasteiger partial charge in [0.2, 0.25) is 0 Å². The zero-order valence-corrected chi connectivity index (χ0v) is 18.1. The Labute approximate surface area is 179 Å². The zero-order chi connectivity index (χ0) is 21.1. The van der Waals surface area contributed by atoms with Crippen LogP contribution in [-0.4, -0.2) is 34.4 Å². The molecular formula is C26H31N3O. The summed E-state index contributed by atoms with van der Waals surface area (Å²) in [6.45, 7) is 9.08. The molecule has 1 aliphatic rings. The molecule has 4 nitrogen and oxygen atoms in total. The lowest BCUT2D eigenvalue weighted by atomic mass is 9.89. The maximum Gasteiger partial charge on any atom is 0.256 e. The number of nitrogens with zero attached hydrogens (tertiary/aromatic N) is 1. The number of anilines is 1. The second kappa shape index (κ2) is 8.49. The molecule has 4 heteroatoms. The van der Waals surface area contributed by atoms with Crippen molar-refractivity contribution in [3.63, 3.8) is 0 Å². The van der Waals surface area contributed by atoms with E-state index in [1.807, 2.05) is 48.7 Å². The van der Waals surface area contributed by atoms with Crippen molar-refractivity contribution in [1.29, 1.82) is 0 Å². The summed E-state index contributed by atoms with van der Waals surface area (Å²) in [5, 5.41) is 3.02. The number of hydrogen-bond acceptors (Lipinski definition) is 2. The minimum absolute atomic E-state index is 0.0938. The predicted molar refractivity (Wildman–Crippen MR) is 124 cm³/mol. The van der Waals surface area contributed by atoms with Gasteiger partial charge in [-0.3, -0.25) is 9.69 Å². The Hall–Kier alpha value is -2.85. The van der Waals surface area contributed by atoms with Crippen molar-refractivity contribution in [3.05, 3.63) is 78.0 Å². The second-order valence-corrected chi connectivity index (χ2v) is 9.18. The first-order chi connectivity index (χ1) is 14.4. The summed E-state index contributed by atoms with van der Waals surface area (Å²) in [7, 11) is 0. The number of carbonyl (C=O) groups excluding carboxylic acids is 1. The van der Waals surface area contributed by atoms with Crippen LogP contribution < -0.4 is 5.32 Å². The number of amides is 1. The largest absolute Gasteiger partial charge is 0.348 e. The van der Waals surface area contributed by atoms with Gasteiger partial charge in [-0.25, -0.2) is 0 Å². The molecule has 3 aromatic rings. The lowest BCUT2D eigenvalue weighted by Crippen LogP contribution is -2.45. The molecule has 0 unspecified atom stereocenters. The lowest BCUT2D eigenvalue weighted by molar-refractivity contribution is 0.102. The first kappa shape index (κ1) is 20.4. The maximum atomic E-state index is 12.8. The number of aromatic nitrogens is 1. The van der Waals surface area contributed by atoms with Gasteiger partial charge in [0, 0.05) is 17.3 Å². The quantitative estimate of drug-likeness (QED) is 0.571. The van der Waals surface area contributed by atoms with Crippen LogP contribution in [-0.2, 0) is 0 Å². The van der Waals surface area contributed by atoms with Gasteiger partial charge in [-0.05, 0) is 87.5 Å². The second-order valence-electron chi connectivity index (χ2n) is 9.18. The number of nitrogens with one attached hydrogen (secondary N) is 2. The summed E-state index contributed by atoms with van der Waals surface area (Å²) in [4.78, 5) is 18.6. The third kappa shape index (κ3) is 4.65. The third-order valence-electron chi connectivity index (χ3n) is 6.10. The summed E-state index contributed by atoms with van der Waals surface area (Å²) in [6, 6.07) is 20.0. The third-order valence-corrected chi connectivity index (χ3v) is 6.10. The summed E-state index contributed by atoms with van der Waals surface area (Å²) < 4.78 is 0. The van der Waals surface area contributed by atoms with Crippen LogP contribution in [0.1, 0.15) is 55.5 Å². The average Bonchev–Trinajstić information content (AvgIpc) is 3.22. The summed E-state index contributed by atoms with van der Waals surface area (Å²) >= 11 is 0. The van der Waals surface area contributed by atoms with Gasteiger partial charge in [-0.2, -0.15) is 0 Å². The Kier molecular flexibility index (Phi) is 5.78. The van der Waals surface area contributed by atoms with E-state index in [-0.39, 0.29) is 11.4 Å². The highest BCUT2D eigenvalue weighted by molar-refractivity contribution is 6.04. The fourth-order valence-electron chi connectivity index (χ4n) is 4.27. The number of piperidine rings is 1. The van der Waals surface area contributed by atoms with Crippen LogP contribution in [0.3, 0.4) is 0 Å². The molecule has 1 fully saturated rings. The van der Waals surface area contributed by atoms with E-state index in [4.69, 9.17) is 0 Å². The molecular weight excluding hydrogens is 370 g/mol. The Balaban J connectivity index is 1.40. The van der Waals surface area contributed by atoms with E-state index in [1.54, 1.807) is 0 Å². The Bertz CT molecular complexity index is 992. The maximum absolute atomic E-state index is 12.8. The van der Waals surface area contributed by atoms with Crippen LogP contribution in [0.5, 0.6) is 0 Å². The number of hydrogen-bond donors (Lipinski definition) is 2. The molecule has 2 heterocycles. The minimum Gasteiger partial charge on any atom is -0.348 e. The van der Waals surface area contributed by atoms with Gasteiger partial charge < -0.3 is 10.3 Å². The smallest absolute Gasteiger partial charge is 0.256 e. The number of benzene rings is 2. The highest BCUT2D eigenvalue weighted by Gasteiger charge is 2.28. The standard InChI is InChI=1S/C26H31N3O/c1-26(2,3)29-14-12-20(13-15-29)23-17-24(27-18-23)28-25(30)22-11-7-10-21(16-22)19-8-5-4-6-9-19/h4-11,16-18,20,27H,12-15H2,1-3H3,(H,28,30). The van der Waals surface area contributed by atoms with Crippen molar-refractivity contribution >= 4 is 11.7 Å².